The van der Waals surface area contributed by atoms with Gasteiger partial charge in [0.15, 0.2) is 0 Å². The first kappa shape index (κ1) is 14.5. The van der Waals surface area contributed by atoms with Crippen LogP contribution in [0.3, 0.4) is 0 Å². The molecular formula is C14H20FNO2. The van der Waals surface area contributed by atoms with Crippen molar-refractivity contribution in [2.24, 2.45) is 0 Å². The number of amides is 1. The van der Waals surface area contributed by atoms with Crippen LogP contribution in [0.5, 0.6) is 0 Å². The van der Waals surface area contributed by atoms with Gasteiger partial charge in [0.05, 0.1) is 0 Å². The third-order valence-electron chi connectivity index (χ3n) is 2.38. The molecule has 1 atom stereocenters. The molecule has 3 nitrogen and oxygen atoms in total. The third kappa shape index (κ3) is 4.02. The van der Waals surface area contributed by atoms with Crippen LogP contribution >= 0.6 is 0 Å². The quantitative estimate of drug-likeness (QED) is 0.794. The van der Waals surface area contributed by atoms with Gasteiger partial charge in [-0.25, -0.2) is 9.18 Å². The molecule has 0 spiro atoms. The van der Waals surface area contributed by atoms with Crippen molar-refractivity contribution in [2.45, 2.75) is 39.5 Å². The summed E-state index contributed by atoms with van der Waals surface area (Å²) in [6.07, 6.45) is -1.51. The van der Waals surface area contributed by atoms with E-state index >= 15 is 0 Å². The molecular weight excluding hydrogens is 233 g/mol. The Hall–Kier alpha value is -1.58. The number of halogens is 1. The molecule has 4 heteroatoms. The first-order valence-corrected chi connectivity index (χ1v) is 5.91. The lowest BCUT2D eigenvalue weighted by Crippen LogP contribution is -2.34. The third-order valence-corrected chi connectivity index (χ3v) is 2.38. The van der Waals surface area contributed by atoms with E-state index < -0.39 is 17.9 Å². The summed E-state index contributed by atoms with van der Waals surface area (Å²) in [7, 11) is 1.61. The normalized spacial score (nSPS) is 13.0. The maximum atomic E-state index is 13.2. The molecule has 0 bridgehead atoms. The van der Waals surface area contributed by atoms with E-state index in [0.717, 1.165) is 0 Å². The van der Waals surface area contributed by atoms with Crippen molar-refractivity contribution < 1.29 is 13.9 Å². The summed E-state index contributed by atoms with van der Waals surface area (Å²) in [5.41, 5.74) is 0.616. The number of carbonyl (C=O) groups is 1. The zero-order valence-corrected chi connectivity index (χ0v) is 11.5. The van der Waals surface area contributed by atoms with Crippen LogP contribution in [0.2, 0.25) is 0 Å². The van der Waals surface area contributed by atoms with E-state index in [4.69, 9.17) is 4.74 Å². The summed E-state index contributed by atoms with van der Waals surface area (Å²) >= 11 is 0. The fourth-order valence-corrected chi connectivity index (χ4v) is 1.42. The predicted molar refractivity (Wildman–Crippen MR) is 70.6 cm³/mol. The van der Waals surface area contributed by atoms with Crippen molar-refractivity contribution >= 4 is 11.8 Å². The van der Waals surface area contributed by atoms with Crippen LogP contribution in [0.25, 0.3) is 0 Å². The summed E-state index contributed by atoms with van der Waals surface area (Å²) in [4.78, 5) is 13.2. The van der Waals surface area contributed by atoms with Crippen molar-refractivity contribution in [3.8, 4) is 0 Å². The molecule has 18 heavy (non-hydrogen) atoms. The summed E-state index contributed by atoms with van der Waals surface area (Å²) in [6, 6.07) is 6.81. The Morgan fingerprint density at radius 3 is 2.50 bits per heavy atom. The topological polar surface area (TPSA) is 29.5 Å². The second-order valence-electron chi connectivity index (χ2n) is 5.25. The average molecular weight is 253 g/mol. The number of carbonyl (C=O) groups excluding carboxylic acids is 1. The van der Waals surface area contributed by atoms with E-state index in [1.54, 1.807) is 52.1 Å². The Labute approximate surface area is 108 Å². The standard InChI is InChI=1S/C14H20FNO2/c1-10(15)11-7-6-8-12(9-11)16(5)13(17)18-14(2,3)4/h6-10H,1-5H3. The molecule has 100 valence electrons. The second kappa shape index (κ2) is 5.38. The highest BCUT2D eigenvalue weighted by atomic mass is 19.1. The van der Waals surface area contributed by atoms with Gasteiger partial charge in [0.1, 0.15) is 11.8 Å². The molecule has 0 N–H and O–H groups in total. The van der Waals surface area contributed by atoms with Crippen molar-refractivity contribution in [1.29, 1.82) is 0 Å². The number of hydrogen-bond donors (Lipinski definition) is 0. The Morgan fingerprint density at radius 2 is 2.00 bits per heavy atom. The van der Waals surface area contributed by atoms with E-state index in [1.165, 1.54) is 11.8 Å². The number of ether oxygens (including phenoxy) is 1. The van der Waals surface area contributed by atoms with E-state index in [2.05, 4.69) is 0 Å². The molecule has 0 heterocycles. The minimum Gasteiger partial charge on any atom is -0.443 e. The fourth-order valence-electron chi connectivity index (χ4n) is 1.42. The minimum absolute atomic E-state index is 0.453. The van der Waals surface area contributed by atoms with E-state index in [1.807, 2.05) is 0 Å². The lowest BCUT2D eigenvalue weighted by atomic mass is 10.1. The molecule has 1 unspecified atom stereocenters. The minimum atomic E-state index is -1.06. The Balaban J connectivity index is 2.87. The van der Waals surface area contributed by atoms with Crippen molar-refractivity contribution in [2.75, 3.05) is 11.9 Å². The van der Waals surface area contributed by atoms with Crippen LogP contribution in [-0.2, 0) is 4.74 Å². The maximum Gasteiger partial charge on any atom is 0.414 e. The van der Waals surface area contributed by atoms with Crippen LogP contribution in [-0.4, -0.2) is 18.7 Å². The molecule has 0 fully saturated rings. The fraction of sp³-hybridized carbons (Fsp3) is 0.500. The first-order chi connectivity index (χ1) is 8.20. The lowest BCUT2D eigenvalue weighted by Gasteiger charge is -2.25. The molecule has 0 saturated carbocycles. The van der Waals surface area contributed by atoms with Gasteiger partial charge in [0.25, 0.3) is 0 Å². The summed E-state index contributed by atoms with van der Waals surface area (Å²) in [5, 5.41) is 0. The van der Waals surface area contributed by atoms with E-state index in [9.17, 15) is 9.18 Å². The monoisotopic (exact) mass is 253 g/mol. The molecule has 0 aliphatic carbocycles. The molecule has 0 aromatic heterocycles. The van der Waals surface area contributed by atoms with Crippen LogP contribution < -0.4 is 4.90 Å². The molecule has 0 aliphatic rings. The van der Waals surface area contributed by atoms with Crippen LogP contribution in [0.15, 0.2) is 24.3 Å². The van der Waals surface area contributed by atoms with Gasteiger partial charge in [0, 0.05) is 12.7 Å². The zero-order valence-electron chi connectivity index (χ0n) is 11.5. The van der Waals surface area contributed by atoms with Gasteiger partial charge in [-0.05, 0) is 45.4 Å². The first-order valence-electron chi connectivity index (χ1n) is 5.91. The number of nitrogens with zero attached hydrogens (tertiary/aromatic N) is 1. The second-order valence-corrected chi connectivity index (χ2v) is 5.25. The molecule has 1 rings (SSSR count). The van der Waals surface area contributed by atoms with Gasteiger partial charge >= 0.3 is 6.09 Å². The van der Waals surface area contributed by atoms with Crippen molar-refractivity contribution in [3.05, 3.63) is 29.8 Å². The Morgan fingerprint density at radius 1 is 1.39 bits per heavy atom. The highest BCUT2D eigenvalue weighted by Gasteiger charge is 2.20. The van der Waals surface area contributed by atoms with Gasteiger partial charge < -0.3 is 4.74 Å². The smallest absolute Gasteiger partial charge is 0.414 e. The summed E-state index contributed by atoms with van der Waals surface area (Å²) < 4.78 is 18.5. The highest BCUT2D eigenvalue weighted by molar-refractivity contribution is 5.87. The van der Waals surface area contributed by atoms with E-state index in [0.29, 0.717) is 11.3 Å². The van der Waals surface area contributed by atoms with Gasteiger partial charge in [-0.3, -0.25) is 4.90 Å². The number of rotatable bonds is 2. The van der Waals surface area contributed by atoms with Gasteiger partial charge in [-0.2, -0.15) is 0 Å². The Bertz CT molecular complexity index is 424. The molecule has 0 aliphatic heterocycles. The highest BCUT2D eigenvalue weighted by Crippen LogP contribution is 2.23. The number of benzene rings is 1. The van der Waals surface area contributed by atoms with Gasteiger partial charge in [-0.1, -0.05) is 12.1 Å². The molecule has 1 amide bonds. The SMILES string of the molecule is CC(F)c1cccc(N(C)C(=O)OC(C)(C)C)c1. The molecule has 0 saturated heterocycles. The molecule has 1 aromatic rings. The largest absolute Gasteiger partial charge is 0.443 e. The molecule has 0 radical (unpaired) electrons. The Kier molecular flexibility index (Phi) is 4.33. The number of anilines is 1. The summed E-state index contributed by atoms with van der Waals surface area (Å²) in [6.45, 7) is 6.88. The average Bonchev–Trinajstić information content (AvgIpc) is 2.26. The number of alkyl halides is 1. The van der Waals surface area contributed by atoms with Crippen LogP contribution in [0.4, 0.5) is 14.9 Å². The van der Waals surface area contributed by atoms with Crippen molar-refractivity contribution in [3.63, 3.8) is 0 Å². The lowest BCUT2D eigenvalue weighted by molar-refractivity contribution is 0.0589. The van der Waals surface area contributed by atoms with Crippen LogP contribution in [0, 0.1) is 0 Å². The maximum absolute atomic E-state index is 13.2. The summed E-state index contributed by atoms with van der Waals surface area (Å²) in [5.74, 6) is 0. The van der Waals surface area contributed by atoms with Gasteiger partial charge in [0.2, 0.25) is 0 Å². The van der Waals surface area contributed by atoms with Crippen LogP contribution in [0.1, 0.15) is 39.4 Å². The predicted octanol–water partition coefficient (Wildman–Crippen LogP) is 4.09. The van der Waals surface area contributed by atoms with E-state index in [-0.39, 0.29) is 0 Å². The number of hydrogen-bond acceptors (Lipinski definition) is 2. The van der Waals surface area contributed by atoms with Crippen molar-refractivity contribution in [1.82, 2.24) is 0 Å². The molecule has 1 aromatic carbocycles. The zero-order chi connectivity index (χ0) is 13.9. The van der Waals surface area contributed by atoms with Gasteiger partial charge in [-0.15, -0.1) is 0 Å².